The molecule has 1 aliphatic rings. The Morgan fingerprint density at radius 2 is 1.82 bits per heavy atom. The Labute approximate surface area is 168 Å². The summed E-state index contributed by atoms with van der Waals surface area (Å²) in [7, 11) is 0. The number of amides is 2. The quantitative estimate of drug-likeness (QED) is 0.643. The van der Waals surface area contributed by atoms with Crippen LogP contribution >= 0.6 is 0 Å². The minimum Gasteiger partial charge on any atom is -0.353 e. The maximum absolute atomic E-state index is 13.3. The van der Waals surface area contributed by atoms with Gasteiger partial charge in [0.1, 0.15) is 5.82 Å². The summed E-state index contributed by atoms with van der Waals surface area (Å²) in [4.78, 5) is 34.1. The van der Waals surface area contributed by atoms with Gasteiger partial charge in [0, 0.05) is 45.7 Å². The molecule has 7 nitrogen and oxygen atoms in total. The highest BCUT2D eigenvalue weighted by atomic mass is 16.2. The molecule has 0 spiro atoms. The number of unbranched alkanes of at least 4 members (excludes halogenated alkanes) is 1. The Morgan fingerprint density at radius 3 is 2.43 bits per heavy atom. The van der Waals surface area contributed by atoms with Gasteiger partial charge >= 0.3 is 0 Å². The van der Waals surface area contributed by atoms with Gasteiger partial charge in [-0.2, -0.15) is 0 Å². The number of rotatable bonds is 10. The topological polar surface area (TPSA) is 77.6 Å². The second-order valence-corrected chi connectivity index (χ2v) is 7.28. The Hall–Kier alpha value is -2.15. The summed E-state index contributed by atoms with van der Waals surface area (Å²) < 4.78 is 0. The highest BCUT2D eigenvalue weighted by molar-refractivity contribution is 6.01. The standard InChI is InChI=1S/C21H35N5O2/c1-4-7-8-19(27)24-17-15-18(21(28)26(11-5-2)12-6-3)20(23-16-17)25-13-9-22-10-14-25/h15-16,22H,4-14H2,1-3H3,(H,24,27). The smallest absolute Gasteiger partial charge is 0.257 e. The Balaban J connectivity index is 2.31. The van der Waals surface area contributed by atoms with E-state index in [9.17, 15) is 9.59 Å². The molecule has 0 aromatic carbocycles. The van der Waals surface area contributed by atoms with Gasteiger partial charge in [0.25, 0.3) is 5.91 Å². The van der Waals surface area contributed by atoms with Crippen LogP contribution in [0.3, 0.4) is 0 Å². The lowest BCUT2D eigenvalue weighted by molar-refractivity contribution is -0.116. The first-order chi connectivity index (χ1) is 13.6. The molecule has 2 rings (SSSR count). The SMILES string of the molecule is CCCCC(=O)Nc1cnc(N2CCNCC2)c(C(=O)N(CCC)CCC)c1. The molecule has 0 atom stereocenters. The molecule has 2 heterocycles. The molecule has 0 saturated carbocycles. The predicted molar refractivity (Wildman–Crippen MR) is 114 cm³/mol. The number of carbonyl (C=O) groups excluding carboxylic acids is 2. The lowest BCUT2D eigenvalue weighted by atomic mass is 10.1. The van der Waals surface area contributed by atoms with Crippen LogP contribution in [0.4, 0.5) is 11.5 Å². The van der Waals surface area contributed by atoms with Crippen LogP contribution in [-0.4, -0.2) is 61.0 Å². The fraction of sp³-hybridized carbons (Fsp3) is 0.667. The van der Waals surface area contributed by atoms with Crippen molar-refractivity contribution >= 4 is 23.3 Å². The molecule has 1 saturated heterocycles. The summed E-state index contributed by atoms with van der Waals surface area (Å²) in [6.07, 6.45) is 5.80. The average Bonchev–Trinajstić information content (AvgIpc) is 2.72. The van der Waals surface area contributed by atoms with Crippen molar-refractivity contribution in [3.8, 4) is 0 Å². The summed E-state index contributed by atoms with van der Waals surface area (Å²) in [6, 6.07) is 1.80. The van der Waals surface area contributed by atoms with Gasteiger partial charge in [-0.3, -0.25) is 9.59 Å². The molecular weight excluding hydrogens is 354 g/mol. The summed E-state index contributed by atoms with van der Waals surface area (Å²) in [5, 5.41) is 6.23. The van der Waals surface area contributed by atoms with Crippen molar-refractivity contribution < 1.29 is 9.59 Å². The van der Waals surface area contributed by atoms with Gasteiger partial charge in [0.15, 0.2) is 0 Å². The fourth-order valence-electron chi connectivity index (χ4n) is 3.40. The van der Waals surface area contributed by atoms with Crippen molar-refractivity contribution in [2.75, 3.05) is 49.5 Å². The molecule has 1 fully saturated rings. The first-order valence-corrected chi connectivity index (χ1v) is 10.7. The number of anilines is 2. The highest BCUT2D eigenvalue weighted by Crippen LogP contribution is 2.24. The van der Waals surface area contributed by atoms with Crippen LogP contribution in [-0.2, 0) is 4.79 Å². The van der Waals surface area contributed by atoms with E-state index in [0.717, 1.165) is 70.8 Å². The monoisotopic (exact) mass is 389 g/mol. The zero-order chi connectivity index (χ0) is 20.4. The third-order valence-corrected chi connectivity index (χ3v) is 4.83. The molecule has 1 aromatic rings. The van der Waals surface area contributed by atoms with E-state index in [1.54, 1.807) is 12.3 Å². The Morgan fingerprint density at radius 1 is 1.14 bits per heavy atom. The minimum absolute atomic E-state index is 0.00519. The van der Waals surface area contributed by atoms with Crippen molar-refractivity contribution in [2.24, 2.45) is 0 Å². The first kappa shape index (κ1) is 22.1. The van der Waals surface area contributed by atoms with Gasteiger partial charge in [-0.15, -0.1) is 0 Å². The normalized spacial score (nSPS) is 14.0. The zero-order valence-corrected chi connectivity index (χ0v) is 17.6. The van der Waals surface area contributed by atoms with E-state index >= 15 is 0 Å². The summed E-state index contributed by atoms with van der Waals surface area (Å²) in [5.41, 5.74) is 1.17. The number of hydrogen-bond acceptors (Lipinski definition) is 5. The van der Waals surface area contributed by atoms with Gasteiger partial charge in [0.2, 0.25) is 5.91 Å². The minimum atomic E-state index is -0.0315. The van der Waals surface area contributed by atoms with E-state index in [1.165, 1.54) is 0 Å². The second kappa shape index (κ2) is 11.6. The maximum atomic E-state index is 13.3. The van der Waals surface area contributed by atoms with Crippen molar-refractivity contribution in [1.29, 1.82) is 0 Å². The van der Waals surface area contributed by atoms with Crippen molar-refractivity contribution in [3.63, 3.8) is 0 Å². The van der Waals surface area contributed by atoms with Crippen LogP contribution in [0.1, 0.15) is 63.2 Å². The maximum Gasteiger partial charge on any atom is 0.257 e. The second-order valence-electron chi connectivity index (χ2n) is 7.28. The first-order valence-electron chi connectivity index (χ1n) is 10.7. The highest BCUT2D eigenvalue weighted by Gasteiger charge is 2.24. The lowest BCUT2D eigenvalue weighted by Gasteiger charge is -2.31. The van der Waals surface area contributed by atoms with E-state index in [4.69, 9.17) is 0 Å². The van der Waals surface area contributed by atoms with E-state index in [0.29, 0.717) is 17.7 Å². The molecule has 0 radical (unpaired) electrons. The largest absolute Gasteiger partial charge is 0.353 e. The molecule has 2 N–H and O–H groups in total. The van der Waals surface area contributed by atoms with Gasteiger partial charge in [0.05, 0.1) is 17.4 Å². The summed E-state index contributed by atoms with van der Waals surface area (Å²) in [6.45, 7) is 11.0. The van der Waals surface area contributed by atoms with Crippen LogP contribution in [0, 0.1) is 0 Å². The molecule has 0 aliphatic carbocycles. The van der Waals surface area contributed by atoms with E-state index < -0.39 is 0 Å². The molecule has 7 heteroatoms. The van der Waals surface area contributed by atoms with E-state index in [2.05, 4.69) is 41.3 Å². The van der Waals surface area contributed by atoms with Gasteiger partial charge in [-0.25, -0.2) is 4.98 Å². The van der Waals surface area contributed by atoms with Crippen LogP contribution in [0.2, 0.25) is 0 Å². The molecule has 28 heavy (non-hydrogen) atoms. The lowest BCUT2D eigenvalue weighted by Crippen LogP contribution is -2.45. The summed E-state index contributed by atoms with van der Waals surface area (Å²) >= 11 is 0. The number of nitrogens with zero attached hydrogens (tertiary/aromatic N) is 3. The molecular formula is C21H35N5O2. The van der Waals surface area contributed by atoms with Crippen molar-refractivity contribution in [3.05, 3.63) is 17.8 Å². The van der Waals surface area contributed by atoms with Crippen LogP contribution in [0.5, 0.6) is 0 Å². The number of nitrogens with one attached hydrogen (secondary N) is 2. The predicted octanol–water partition coefficient (Wildman–Crippen LogP) is 2.88. The average molecular weight is 390 g/mol. The van der Waals surface area contributed by atoms with Crippen LogP contribution in [0.15, 0.2) is 12.3 Å². The number of pyridine rings is 1. The zero-order valence-electron chi connectivity index (χ0n) is 17.6. The Bertz CT molecular complexity index is 638. The Kier molecular flexibility index (Phi) is 9.20. The van der Waals surface area contributed by atoms with Gasteiger partial charge < -0.3 is 20.4 Å². The molecule has 1 aromatic heterocycles. The van der Waals surface area contributed by atoms with E-state index in [-0.39, 0.29) is 11.8 Å². The molecule has 156 valence electrons. The third kappa shape index (κ3) is 6.19. The fourth-order valence-corrected chi connectivity index (χ4v) is 3.40. The van der Waals surface area contributed by atoms with Crippen LogP contribution in [0.25, 0.3) is 0 Å². The van der Waals surface area contributed by atoms with Gasteiger partial charge in [-0.05, 0) is 25.3 Å². The number of piperazine rings is 1. The number of hydrogen-bond donors (Lipinski definition) is 2. The van der Waals surface area contributed by atoms with Crippen LogP contribution < -0.4 is 15.5 Å². The van der Waals surface area contributed by atoms with Crippen molar-refractivity contribution in [2.45, 2.75) is 52.9 Å². The van der Waals surface area contributed by atoms with Crippen molar-refractivity contribution in [1.82, 2.24) is 15.2 Å². The third-order valence-electron chi connectivity index (χ3n) is 4.83. The summed E-state index contributed by atoms with van der Waals surface area (Å²) in [5.74, 6) is 0.681. The molecule has 0 bridgehead atoms. The molecule has 2 amide bonds. The van der Waals surface area contributed by atoms with Gasteiger partial charge in [-0.1, -0.05) is 27.2 Å². The number of aromatic nitrogens is 1. The molecule has 0 unspecified atom stereocenters. The molecule has 1 aliphatic heterocycles. The van der Waals surface area contributed by atoms with E-state index in [1.807, 2.05) is 4.90 Å². The number of carbonyl (C=O) groups is 2.